The van der Waals surface area contributed by atoms with Crippen LogP contribution in [0, 0.1) is 35.5 Å². The number of likely N-dealkylation sites (tertiary alicyclic amines) is 1. The minimum atomic E-state index is -0.359. The lowest BCUT2D eigenvalue weighted by atomic mass is 9.71. The van der Waals surface area contributed by atoms with Gasteiger partial charge in [-0.05, 0) is 162 Å². The predicted molar refractivity (Wildman–Crippen MR) is 311 cm³/mol. The Hall–Kier alpha value is -5.84. The number of allylic oxidation sites excluding steroid dienone is 23. The molecule has 2 N–H and O–H groups in total. The molecule has 0 aromatic heterocycles. The van der Waals surface area contributed by atoms with Gasteiger partial charge in [0.05, 0.1) is 29.8 Å². The smallest absolute Gasteiger partial charge is 0.0842 e. The van der Waals surface area contributed by atoms with Crippen molar-refractivity contribution in [3.05, 3.63) is 240 Å². The lowest BCUT2D eigenvalue weighted by Crippen LogP contribution is -2.55. The molecule has 0 aromatic rings. The van der Waals surface area contributed by atoms with Crippen LogP contribution < -0.4 is 10.6 Å². The van der Waals surface area contributed by atoms with E-state index in [1.165, 1.54) is 65.9 Å². The van der Waals surface area contributed by atoms with E-state index in [2.05, 4.69) is 212 Å². The van der Waals surface area contributed by atoms with E-state index in [-0.39, 0.29) is 29.7 Å². The van der Waals surface area contributed by atoms with Crippen LogP contribution in [0.15, 0.2) is 240 Å². The largest absolute Gasteiger partial charge is 0.369 e. The Balaban J connectivity index is 0.914. The maximum absolute atomic E-state index is 4.79. The monoisotopic (exact) mass is 969 g/mol. The standard InChI is InChI=1S/C69H84N4/c1-7-10-35-66-50(5)63(9-3)69(6,41-23-26-51(24-8-2)43-59-48-72(60-32-18-13-19-33-60)67-36-21-20-34-62(59)67)73(66)61-39-37-53(38-40-61)64-47-65(71-68(70-64)54-29-16-12-17-30-54)58-45-56(52-27-14-11-15-28-52)44-57(46-58)55-31-22-25-49(4)42-55/h7-14,16-19,21,23-24,27,29,32,35-39,41-42,46-47,49,54,56-57,59-61,63-64,68,70-71H,2-3,5,15,20,22,25-26,28,30-31,33-34,40,43-45,48H2,1,4,6H3/b10-7-,41-23-,51-24-,66-35+/t49?,54?,56?,57-,59-,60+,61+,63?,64?,68+,69?/m1/s1. The molecule has 0 amide bonds. The summed E-state index contributed by atoms with van der Waals surface area (Å²) < 4.78 is 0. The maximum atomic E-state index is 4.79. The van der Waals surface area contributed by atoms with Gasteiger partial charge in [-0.15, -0.1) is 6.58 Å². The number of rotatable bonds is 15. The number of nitrogens with one attached hydrogen (secondary N) is 2. The maximum Gasteiger partial charge on any atom is 0.0842 e. The van der Waals surface area contributed by atoms with Crippen molar-refractivity contribution in [3.63, 3.8) is 0 Å². The second-order valence-corrected chi connectivity index (χ2v) is 22.8. The Morgan fingerprint density at radius 1 is 0.890 bits per heavy atom. The summed E-state index contributed by atoms with van der Waals surface area (Å²) in [5.74, 6) is 2.68. The van der Waals surface area contributed by atoms with Crippen LogP contribution in [0.3, 0.4) is 0 Å². The van der Waals surface area contributed by atoms with Crippen LogP contribution in [-0.4, -0.2) is 46.2 Å². The molecular weight excluding hydrogens is 885 g/mol. The fraction of sp³-hybridized carbons (Fsp3) is 0.420. The molecule has 10 aliphatic rings. The van der Waals surface area contributed by atoms with Crippen molar-refractivity contribution < 1.29 is 0 Å². The van der Waals surface area contributed by atoms with Gasteiger partial charge in [0.25, 0.3) is 0 Å². The predicted octanol–water partition coefficient (Wildman–Crippen LogP) is 15.9. The average Bonchev–Trinajstić information content (AvgIpc) is 3.90. The van der Waals surface area contributed by atoms with Gasteiger partial charge in [0.2, 0.25) is 0 Å². The topological polar surface area (TPSA) is 30.5 Å². The molecule has 10 rings (SSSR count). The van der Waals surface area contributed by atoms with E-state index in [9.17, 15) is 0 Å². The molecule has 73 heavy (non-hydrogen) atoms. The van der Waals surface area contributed by atoms with Crippen molar-refractivity contribution in [1.29, 1.82) is 0 Å². The van der Waals surface area contributed by atoms with E-state index in [1.807, 2.05) is 6.08 Å². The van der Waals surface area contributed by atoms with Crippen molar-refractivity contribution in [2.75, 3.05) is 6.54 Å². The van der Waals surface area contributed by atoms with Gasteiger partial charge in [-0.3, -0.25) is 5.32 Å². The molecule has 4 nitrogen and oxygen atoms in total. The Kier molecular flexibility index (Phi) is 16.1. The average molecular weight is 969 g/mol. The molecule has 0 bridgehead atoms. The third-order valence-electron chi connectivity index (χ3n) is 17.9. The summed E-state index contributed by atoms with van der Waals surface area (Å²) in [5, 5.41) is 8.26. The van der Waals surface area contributed by atoms with Crippen molar-refractivity contribution in [3.8, 4) is 0 Å². The first-order chi connectivity index (χ1) is 35.7. The first kappa shape index (κ1) is 50.7. The van der Waals surface area contributed by atoms with E-state index in [0.29, 0.717) is 35.6 Å². The van der Waals surface area contributed by atoms with Crippen molar-refractivity contribution >= 4 is 0 Å². The van der Waals surface area contributed by atoms with Crippen LogP contribution in [0.2, 0.25) is 0 Å². The van der Waals surface area contributed by atoms with Crippen LogP contribution in [0.5, 0.6) is 0 Å². The molecule has 4 heteroatoms. The second kappa shape index (κ2) is 23.1. The molecule has 0 radical (unpaired) electrons. The molecule has 380 valence electrons. The fourth-order valence-corrected chi connectivity index (χ4v) is 14.2. The summed E-state index contributed by atoms with van der Waals surface area (Å²) in [6.45, 7) is 21.4. The van der Waals surface area contributed by atoms with Gasteiger partial charge in [0.15, 0.2) is 0 Å². The summed E-state index contributed by atoms with van der Waals surface area (Å²) in [5.41, 5.74) is 14.0. The highest BCUT2D eigenvalue weighted by Crippen LogP contribution is 2.50. The molecule has 11 atom stereocenters. The van der Waals surface area contributed by atoms with Crippen LogP contribution >= 0.6 is 0 Å². The van der Waals surface area contributed by atoms with E-state index >= 15 is 0 Å². The quantitative estimate of drug-likeness (QED) is 0.126. The summed E-state index contributed by atoms with van der Waals surface area (Å²) >= 11 is 0. The zero-order chi connectivity index (χ0) is 50.3. The normalized spacial score (nSPS) is 34.9. The van der Waals surface area contributed by atoms with Crippen molar-refractivity contribution in [1.82, 2.24) is 20.4 Å². The van der Waals surface area contributed by atoms with Crippen molar-refractivity contribution in [2.45, 2.75) is 140 Å². The summed E-state index contributed by atoms with van der Waals surface area (Å²) in [4.78, 5) is 5.33. The van der Waals surface area contributed by atoms with E-state index in [4.69, 9.17) is 6.58 Å². The van der Waals surface area contributed by atoms with E-state index < -0.39 is 0 Å². The molecule has 6 unspecified atom stereocenters. The molecule has 0 spiro atoms. The van der Waals surface area contributed by atoms with E-state index in [1.54, 1.807) is 16.7 Å². The summed E-state index contributed by atoms with van der Waals surface area (Å²) in [7, 11) is 0. The minimum absolute atomic E-state index is 0.0629. The Bertz CT molecular complexity index is 2680. The van der Waals surface area contributed by atoms with Gasteiger partial charge in [-0.2, -0.15) is 0 Å². The zero-order valence-electron chi connectivity index (χ0n) is 44.5. The van der Waals surface area contributed by atoms with Gasteiger partial charge < -0.3 is 15.1 Å². The Labute approximate surface area is 440 Å². The highest BCUT2D eigenvalue weighted by molar-refractivity contribution is 5.50. The third-order valence-corrected chi connectivity index (χ3v) is 17.9. The van der Waals surface area contributed by atoms with Gasteiger partial charge >= 0.3 is 0 Å². The first-order valence-electron chi connectivity index (χ1n) is 28.4. The van der Waals surface area contributed by atoms with Crippen LogP contribution in [0.1, 0.15) is 111 Å². The Morgan fingerprint density at radius 3 is 2.49 bits per heavy atom. The number of hydrogen-bond donors (Lipinski definition) is 2. The number of hydrogen-bond acceptors (Lipinski definition) is 4. The summed E-state index contributed by atoms with van der Waals surface area (Å²) in [6, 6.07) is 0.679. The first-order valence-corrected chi connectivity index (χ1v) is 28.4. The molecule has 3 heterocycles. The van der Waals surface area contributed by atoms with Gasteiger partial charge in [0, 0.05) is 41.4 Å². The summed E-state index contributed by atoms with van der Waals surface area (Å²) in [6.07, 6.45) is 79.3. The molecule has 1 saturated heterocycles. The van der Waals surface area contributed by atoms with Crippen LogP contribution in [-0.2, 0) is 0 Å². The van der Waals surface area contributed by atoms with Gasteiger partial charge in [-0.1, -0.05) is 183 Å². The van der Waals surface area contributed by atoms with Crippen LogP contribution in [0.4, 0.5) is 0 Å². The second-order valence-electron chi connectivity index (χ2n) is 22.8. The Morgan fingerprint density at radius 2 is 1.75 bits per heavy atom. The molecule has 7 aliphatic carbocycles. The van der Waals surface area contributed by atoms with Crippen molar-refractivity contribution in [2.24, 2.45) is 35.5 Å². The third kappa shape index (κ3) is 11.0. The molecule has 0 saturated carbocycles. The lowest BCUT2D eigenvalue weighted by molar-refractivity contribution is 0.176. The molecule has 3 aliphatic heterocycles. The van der Waals surface area contributed by atoms with E-state index in [0.717, 1.165) is 69.9 Å². The fourth-order valence-electron chi connectivity index (χ4n) is 14.2. The van der Waals surface area contributed by atoms with Gasteiger partial charge in [0.1, 0.15) is 0 Å². The lowest BCUT2D eigenvalue weighted by Gasteiger charge is -2.43. The van der Waals surface area contributed by atoms with Crippen LogP contribution in [0.25, 0.3) is 0 Å². The highest BCUT2D eigenvalue weighted by Gasteiger charge is 2.49. The number of nitrogens with zero attached hydrogens (tertiary/aromatic N) is 2. The highest BCUT2D eigenvalue weighted by atomic mass is 15.3. The zero-order valence-corrected chi connectivity index (χ0v) is 44.5. The molecule has 1 fully saturated rings. The molecular formula is C69H84N4. The van der Waals surface area contributed by atoms with Gasteiger partial charge in [-0.25, -0.2) is 0 Å². The SMILES string of the molecule is C=C/C=C(/C/C=C\C1(C)C(C=C)C(=C)/C(=C\C=C/C)N1[C@H]1C=CC(C2C=C(C3=C[C@H](C4=CC(C)CCC4)CC(C4=CC=CCC4)C3)N[C@@H](C3C=CC=CC3)N2)=CC1)C[C@@H]1CN([C@H]2C=CC=CC2)C2=C1CCC=C2. The minimum Gasteiger partial charge on any atom is -0.369 e. The molecule has 0 aromatic carbocycles.